The maximum absolute atomic E-state index is 11.2. The van der Waals surface area contributed by atoms with Gasteiger partial charge in [0.15, 0.2) is 0 Å². The maximum atomic E-state index is 11.2. The van der Waals surface area contributed by atoms with Crippen molar-refractivity contribution in [3.8, 4) is 0 Å². The zero-order chi connectivity index (χ0) is 11.1. The highest BCUT2D eigenvalue weighted by molar-refractivity contribution is 5.80. The highest BCUT2D eigenvalue weighted by atomic mass is 16.4. The van der Waals surface area contributed by atoms with E-state index in [9.17, 15) is 9.59 Å². The molecular weight excluding hydrogens is 196 g/mol. The molecule has 1 rings (SSSR count). The fraction of sp³-hybridized carbons (Fsp3) is 0.600. The van der Waals surface area contributed by atoms with E-state index in [1.807, 2.05) is 0 Å². The molecule has 1 fully saturated rings. The van der Waals surface area contributed by atoms with Gasteiger partial charge in [-0.2, -0.15) is 0 Å². The van der Waals surface area contributed by atoms with Gasteiger partial charge in [-0.1, -0.05) is 6.08 Å². The second kappa shape index (κ2) is 6.19. The Morgan fingerprint density at radius 2 is 2.07 bits per heavy atom. The molecule has 5 heteroatoms. The van der Waals surface area contributed by atoms with Gasteiger partial charge in [-0.15, -0.1) is 0 Å². The standard InChI is InChI=1S/C10H16N2O3/c13-9(14)2-1-5-11-6-7-12-10(15)8-3-4-8/h1-2,8,11H,3-7H2,(H,12,15)(H,13,14)/b2-1+. The molecule has 1 aliphatic carbocycles. The van der Waals surface area contributed by atoms with Crippen LogP contribution in [0.4, 0.5) is 0 Å². The molecule has 0 spiro atoms. The summed E-state index contributed by atoms with van der Waals surface area (Å²) >= 11 is 0. The molecule has 0 atom stereocenters. The number of carboxylic acid groups (broad SMARTS) is 1. The predicted molar refractivity (Wildman–Crippen MR) is 55.4 cm³/mol. The molecule has 5 nitrogen and oxygen atoms in total. The Bertz CT molecular complexity index is 259. The molecule has 0 aromatic carbocycles. The Hall–Kier alpha value is -1.36. The minimum Gasteiger partial charge on any atom is -0.478 e. The van der Waals surface area contributed by atoms with E-state index >= 15 is 0 Å². The number of hydrogen-bond donors (Lipinski definition) is 3. The number of aliphatic carboxylic acids is 1. The van der Waals surface area contributed by atoms with E-state index in [4.69, 9.17) is 5.11 Å². The molecule has 1 saturated carbocycles. The van der Waals surface area contributed by atoms with Crippen LogP contribution >= 0.6 is 0 Å². The van der Waals surface area contributed by atoms with Crippen LogP contribution in [0.2, 0.25) is 0 Å². The van der Waals surface area contributed by atoms with Gasteiger partial charge in [0.05, 0.1) is 0 Å². The topological polar surface area (TPSA) is 78.4 Å². The number of amides is 1. The van der Waals surface area contributed by atoms with Gasteiger partial charge in [-0.3, -0.25) is 4.79 Å². The summed E-state index contributed by atoms with van der Waals surface area (Å²) in [6.07, 6.45) is 4.65. The Morgan fingerprint density at radius 3 is 2.67 bits per heavy atom. The van der Waals surface area contributed by atoms with Gasteiger partial charge in [-0.25, -0.2) is 4.79 Å². The first-order valence-corrected chi connectivity index (χ1v) is 5.08. The van der Waals surface area contributed by atoms with Crippen molar-refractivity contribution in [3.05, 3.63) is 12.2 Å². The Morgan fingerprint density at radius 1 is 1.33 bits per heavy atom. The number of carboxylic acids is 1. The van der Waals surface area contributed by atoms with Crippen LogP contribution in [0.15, 0.2) is 12.2 Å². The monoisotopic (exact) mass is 212 g/mol. The highest BCUT2D eigenvalue weighted by Crippen LogP contribution is 2.28. The van der Waals surface area contributed by atoms with Gasteiger partial charge >= 0.3 is 5.97 Å². The first-order chi connectivity index (χ1) is 7.20. The van der Waals surface area contributed by atoms with Crippen LogP contribution in [0, 0.1) is 5.92 Å². The summed E-state index contributed by atoms with van der Waals surface area (Å²) in [6.45, 7) is 1.75. The van der Waals surface area contributed by atoms with Crippen molar-refractivity contribution in [2.75, 3.05) is 19.6 Å². The van der Waals surface area contributed by atoms with E-state index < -0.39 is 5.97 Å². The highest BCUT2D eigenvalue weighted by Gasteiger charge is 2.28. The molecule has 0 radical (unpaired) electrons. The average molecular weight is 212 g/mol. The van der Waals surface area contributed by atoms with E-state index in [0.29, 0.717) is 19.6 Å². The van der Waals surface area contributed by atoms with Crippen molar-refractivity contribution in [3.63, 3.8) is 0 Å². The first-order valence-electron chi connectivity index (χ1n) is 5.08. The molecule has 1 amide bonds. The average Bonchev–Trinajstić information content (AvgIpc) is 2.98. The number of carbonyl (C=O) groups excluding carboxylic acids is 1. The van der Waals surface area contributed by atoms with Crippen molar-refractivity contribution in [2.45, 2.75) is 12.8 Å². The molecule has 3 N–H and O–H groups in total. The lowest BCUT2D eigenvalue weighted by Crippen LogP contribution is -2.32. The van der Waals surface area contributed by atoms with Gasteiger partial charge in [-0.05, 0) is 12.8 Å². The van der Waals surface area contributed by atoms with Crippen LogP contribution in [0.1, 0.15) is 12.8 Å². The van der Waals surface area contributed by atoms with Crippen molar-refractivity contribution in [2.24, 2.45) is 5.92 Å². The van der Waals surface area contributed by atoms with E-state index in [0.717, 1.165) is 18.9 Å². The summed E-state index contributed by atoms with van der Waals surface area (Å²) in [7, 11) is 0. The Kier molecular flexibility index (Phi) is 4.83. The summed E-state index contributed by atoms with van der Waals surface area (Å²) in [6, 6.07) is 0. The summed E-state index contributed by atoms with van der Waals surface area (Å²) in [5.74, 6) is -0.561. The summed E-state index contributed by atoms with van der Waals surface area (Å²) in [4.78, 5) is 21.2. The van der Waals surface area contributed by atoms with Crippen LogP contribution in [0.5, 0.6) is 0 Å². The third kappa shape index (κ3) is 5.85. The molecule has 0 aliphatic heterocycles. The van der Waals surface area contributed by atoms with Crippen LogP contribution in [-0.2, 0) is 9.59 Å². The maximum Gasteiger partial charge on any atom is 0.328 e. The molecule has 1 aliphatic rings. The third-order valence-electron chi connectivity index (χ3n) is 2.07. The number of nitrogens with one attached hydrogen (secondary N) is 2. The van der Waals surface area contributed by atoms with Crippen LogP contribution in [0.3, 0.4) is 0 Å². The molecular formula is C10H16N2O3. The van der Waals surface area contributed by atoms with E-state index in [-0.39, 0.29) is 11.8 Å². The number of carbonyl (C=O) groups is 2. The van der Waals surface area contributed by atoms with Crippen molar-refractivity contribution < 1.29 is 14.7 Å². The lowest BCUT2D eigenvalue weighted by molar-refractivity contribution is -0.131. The lowest BCUT2D eigenvalue weighted by Gasteiger charge is -2.03. The van der Waals surface area contributed by atoms with Crippen molar-refractivity contribution in [1.82, 2.24) is 10.6 Å². The molecule has 0 bridgehead atoms. The van der Waals surface area contributed by atoms with E-state index in [1.165, 1.54) is 6.08 Å². The van der Waals surface area contributed by atoms with Gasteiger partial charge < -0.3 is 15.7 Å². The minimum absolute atomic E-state index is 0.137. The smallest absolute Gasteiger partial charge is 0.328 e. The van der Waals surface area contributed by atoms with Crippen molar-refractivity contribution >= 4 is 11.9 Å². The first kappa shape index (κ1) is 11.7. The summed E-state index contributed by atoms with van der Waals surface area (Å²) in [5, 5.41) is 14.1. The number of hydrogen-bond acceptors (Lipinski definition) is 3. The second-order valence-electron chi connectivity index (χ2n) is 3.51. The summed E-state index contributed by atoms with van der Waals surface area (Å²) in [5.41, 5.74) is 0. The predicted octanol–water partition coefficient (Wildman–Crippen LogP) is -0.257. The third-order valence-corrected chi connectivity index (χ3v) is 2.07. The molecule has 0 aromatic rings. The van der Waals surface area contributed by atoms with Gasteiger partial charge in [0, 0.05) is 31.6 Å². The fourth-order valence-electron chi connectivity index (χ4n) is 1.11. The Balaban J connectivity index is 1.88. The van der Waals surface area contributed by atoms with Crippen LogP contribution in [0.25, 0.3) is 0 Å². The zero-order valence-electron chi connectivity index (χ0n) is 8.53. The fourth-order valence-corrected chi connectivity index (χ4v) is 1.11. The molecule has 0 heterocycles. The van der Waals surface area contributed by atoms with Gasteiger partial charge in [0.2, 0.25) is 5.91 Å². The van der Waals surface area contributed by atoms with Gasteiger partial charge in [0.25, 0.3) is 0 Å². The lowest BCUT2D eigenvalue weighted by atomic mass is 10.4. The largest absolute Gasteiger partial charge is 0.478 e. The molecule has 0 aromatic heterocycles. The minimum atomic E-state index is -0.946. The Labute approximate surface area is 88.5 Å². The molecule has 0 unspecified atom stereocenters. The second-order valence-corrected chi connectivity index (χ2v) is 3.51. The zero-order valence-corrected chi connectivity index (χ0v) is 8.53. The van der Waals surface area contributed by atoms with Gasteiger partial charge in [0.1, 0.15) is 0 Å². The van der Waals surface area contributed by atoms with Crippen LogP contribution < -0.4 is 10.6 Å². The molecule has 84 valence electrons. The molecule has 0 saturated heterocycles. The quantitative estimate of drug-likeness (QED) is 0.401. The molecule has 15 heavy (non-hydrogen) atoms. The van der Waals surface area contributed by atoms with Crippen LogP contribution in [-0.4, -0.2) is 36.6 Å². The number of rotatable bonds is 7. The van der Waals surface area contributed by atoms with E-state index in [2.05, 4.69) is 10.6 Å². The summed E-state index contributed by atoms with van der Waals surface area (Å²) < 4.78 is 0. The van der Waals surface area contributed by atoms with Crippen molar-refractivity contribution in [1.29, 1.82) is 0 Å². The van der Waals surface area contributed by atoms with E-state index in [1.54, 1.807) is 0 Å². The normalized spacial score (nSPS) is 15.5. The SMILES string of the molecule is O=C(O)/C=C/CNCCNC(=O)C1CC1.